The zero-order valence-corrected chi connectivity index (χ0v) is 23.9. The summed E-state index contributed by atoms with van der Waals surface area (Å²) in [5.74, 6) is -2.97. The van der Waals surface area contributed by atoms with Crippen molar-refractivity contribution >= 4 is 46.6 Å². The summed E-state index contributed by atoms with van der Waals surface area (Å²) in [6.45, 7) is 3.89. The quantitative estimate of drug-likeness (QED) is 0.374. The molecule has 4 rings (SSSR count). The van der Waals surface area contributed by atoms with Gasteiger partial charge in [-0.3, -0.25) is 14.5 Å². The number of amides is 2. The Kier molecular flexibility index (Phi) is 10.4. The Balaban J connectivity index is 1.43. The lowest BCUT2D eigenvalue weighted by molar-refractivity contribution is -0.139. The van der Waals surface area contributed by atoms with E-state index < -0.39 is 35.7 Å². The molecule has 1 unspecified atom stereocenters. The molecule has 0 bridgehead atoms. The minimum absolute atomic E-state index is 0.0919. The molecular formula is C27H31ClF5N5O2S. The molecule has 0 spiro atoms. The average Bonchev–Trinajstić information content (AvgIpc) is 2.93. The number of thioether (sulfide) groups is 1. The lowest BCUT2D eigenvalue weighted by Gasteiger charge is -2.41. The number of nitrogens with zero attached hydrogens (tertiary/aromatic N) is 2. The van der Waals surface area contributed by atoms with Crippen molar-refractivity contribution < 1.29 is 31.5 Å². The molecule has 2 aliphatic heterocycles. The molecule has 2 heterocycles. The topological polar surface area (TPSA) is 76.7 Å². The van der Waals surface area contributed by atoms with Gasteiger partial charge in [-0.25, -0.2) is 8.78 Å². The maximum absolute atomic E-state index is 15.0. The summed E-state index contributed by atoms with van der Waals surface area (Å²) < 4.78 is 67.9. The number of carbonyl (C=O) groups is 2. The zero-order chi connectivity index (χ0) is 29.7. The summed E-state index contributed by atoms with van der Waals surface area (Å²) in [7, 11) is 0. The fraction of sp³-hybridized carbons (Fsp3) is 0.481. The van der Waals surface area contributed by atoms with Crippen LogP contribution in [0.3, 0.4) is 0 Å². The SMILES string of the molecule is C[C@@H]1CN(c2cc(Cl)ccc2NC(=O)c2ccc(CNC(=O)C3CNCCS3)c(F)c2F)CCN1CCC(F)(F)F. The summed E-state index contributed by atoms with van der Waals surface area (Å²) in [5.41, 5.74) is 0.204. The highest BCUT2D eigenvalue weighted by molar-refractivity contribution is 8.00. The highest BCUT2D eigenvalue weighted by Crippen LogP contribution is 2.32. The van der Waals surface area contributed by atoms with Crippen LogP contribution in [0.1, 0.15) is 29.3 Å². The molecule has 3 N–H and O–H groups in total. The first kappa shape index (κ1) is 31.3. The molecule has 2 aliphatic rings. The lowest BCUT2D eigenvalue weighted by Crippen LogP contribution is -2.52. The van der Waals surface area contributed by atoms with Gasteiger partial charge in [-0.2, -0.15) is 13.2 Å². The van der Waals surface area contributed by atoms with E-state index in [0.717, 1.165) is 18.4 Å². The number of hydrogen-bond donors (Lipinski definition) is 3. The van der Waals surface area contributed by atoms with Gasteiger partial charge in [0.1, 0.15) is 0 Å². The molecule has 224 valence electrons. The third-order valence-electron chi connectivity index (χ3n) is 7.08. The molecule has 2 aromatic carbocycles. The molecule has 7 nitrogen and oxygen atoms in total. The maximum atomic E-state index is 15.0. The summed E-state index contributed by atoms with van der Waals surface area (Å²) in [4.78, 5) is 29.0. The number of carbonyl (C=O) groups excluding carboxylic acids is 2. The van der Waals surface area contributed by atoms with E-state index >= 15 is 0 Å². The Hall–Kier alpha value is -2.61. The molecule has 2 amide bonds. The van der Waals surface area contributed by atoms with E-state index in [1.807, 2.05) is 11.8 Å². The number of alkyl halides is 3. The van der Waals surface area contributed by atoms with Gasteiger partial charge < -0.3 is 20.9 Å². The second-order valence-corrected chi connectivity index (χ2v) is 11.7. The standard InChI is InChI=1S/C27H31ClF5N5O2S/c1-16-15-38(10-9-37(16)8-6-27(31,32)33)21-12-18(28)3-5-20(21)36-25(39)19-4-2-17(23(29)24(19)30)13-35-26(40)22-14-34-7-11-41-22/h2-5,12,16,22,34H,6-11,13-15H2,1H3,(H,35,40)(H,36,39)/t16-,22?/m1/s1. The Morgan fingerprint density at radius 3 is 2.61 bits per heavy atom. The lowest BCUT2D eigenvalue weighted by atomic mass is 10.1. The minimum Gasteiger partial charge on any atom is -0.367 e. The number of anilines is 2. The van der Waals surface area contributed by atoms with Crippen LogP contribution >= 0.6 is 23.4 Å². The van der Waals surface area contributed by atoms with E-state index in [9.17, 15) is 31.5 Å². The Morgan fingerprint density at radius 2 is 1.93 bits per heavy atom. The van der Waals surface area contributed by atoms with Gasteiger partial charge in [-0.15, -0.1) is 11.8 Å². The van der Waals surface area contributed by atoms with E-state index in [-0.39, 0.29) is 35.9 Å². The summed E-state index contributed by atoms with van der Waals surface area (Å²) in [6, 6.07) is 6.88. The van der Waals surface area contributed by atoms with E-state index in [2.05, 4.69) is 16.0 Å². The van der Waals surface area contributed by atoms with Gasteiger partial charge in [0.15, 0.2) is 11.6 Å². The first-order valence-corrected chi connectivity index (χ1v) is 14.6. The van der Waals surface area contributed by atoms with Crippen LogP contribution in [0, 0.1) is 11.6 Å². The Bertz CT molecular complexity index is 1260. The van der Waals surface area contributed by atoms with Crippen LogP contribution < -0.4 is 20.9 Å². The Morgan fingerprint density at radius 1 is 1.15 bits per heavy atom. The molecule has 2 atom stereocenters. The zero-order valence-electron chi connectivity index (χ0n) is 22.3. The second kappa shape index (κ2) is 13.6. The monoisotopic (exact) mass is 619 g/mol. The number of halogens is 6. The van der Waals surface area contributed by atoms with E-state index in [0.29, 0.717) is 42.6 Å². The van der Waals surface area contributed by atoms with Gasteiger partial charge in [-0.05, 0) is 31.2 Å². The predicted molar refractivity (Wildman–Crippen MR) is 151 cm³/mol. The molecule has 14 heteroatoms. The van der Waals surface area contributed by atoms with Crippen LogP contribution in [0.25, 0.3) is 0 Å². The second-order valence-electron chi connectivity index (χ2n) is 9.99. The van der Waals surface area contributed by atoms with Crippen molar-refractivity contribution in [1.82, 2.24) is 15.5 Å². The molecule has 0 radical (unpaired) electrons. The molecule has 2 saturated heterocycles. The molecule has 2 fully saturated rings. The van der Waals surface area contributed by atoms with Crippen LogP contribution in [-0.2, 0) is 11.3 Å². The van der Waals surface area contributed by atoms with Gasteiger partial charge in [0.2, 0.25) is 5.91 Å². The van der Waals surface area contributed by atoms with Crippen LogP contribution in [0.4, 0.5) is 33.3 Å². The largest absolute Gasteiger partial charge is 0.390 e. The Labute approximate surface area is 244 Å². The summed E-state index contributed by atoms with van der Waals surface area (Å²) in [6.07, 6.45) is -5.14. The van der Waals surface area contributed by atoms with E-state index in [1.54, 1.807) is 11.0 Å². The van der Waals surface area contributed by atoms with Gasteiger partial charge in [-0.1, -0.05) is 17.7 Å². The van der Waals surface area contributed by atoms with E-state index in [4.69, 9.17) is 11.6 Å². The van der Waals surface area contributed by atoms with Crippen LogP contribution in [0.5, 0.6) is 0 Å². The maximum Gasteiger partial charge on any atom is 0.390 e. The van der Waals surface area contributed by atoms with Crippen molar-refractivity contribution in [2.24, 2.45) is 0 Å². The van der Waals surface area contributed by atoms with Gasteiger partial charge in [0.05, 0.1) is 28.6 Å². The molecule has 41 heavy (non-hydrogen) atoms. The normalized spacial score (nSPS) is 20.1. The van der Waals surface area contributed by atoms with Crippen molar-refractivity contribution in [2.45, 2.75) is 37.4 Å². The predicted octanol–water partition coefficient (Wildman–Crippen LogP) is 4.65. The van der Waals surface area contributed by atoms with Crippen LogP contribution in [0.2, 0.25) is 5.02 Å². The highest BCUT2D eigenvalue weighted by Gasteiger charge is 2.32. The molecule has 0 aliphatic carbocycles. The third kappa shape index (κ3) is 8.24. The smallest absolute Gasteiger partial charge is 0.367 e. The van der Waals surface area contributed by atoms with Crippen molar-refractivity contribution in [3.8, 4) is 0 Å². The first-order valence-electron chi connectivity index (χ1n) is 13.2. The number of piperazine rings is 1. The van der Waals surface area contributed by atoms with Gasteiger partial charge in [0, 0.05) is 68.2 Å². The van der Waals surface area contributed by atoms with Crippen molar-refractivity contribution in [3.63, 3.8) is 0 Å². The van der Waals surface area contributed by atoms with Crippen LogP contribution in [0.15, 0.2) is 30.3 Å². The van der Waals surface area contributed by atoms with Crippen LogP contribution in [-0.4, -0.2) is 79.2 Å². The summed E-state index contributed by atoms with van der Waals surface area (Å²) >= 11 is 7.69. The average molecular weight is 620 g/mol. The molecule has 0 saturated carbocycles. The minimum atomic E-state index is -4.24. The fourth-order valence-electron chi connectivity index (χ4n) is 4.81. The van der Waals surface area contributed by atoms with Gasteiger partial charge >= 0.3 is 6.18 Å². The first-order chi connectivity index (χ1) is 19.4. The molecule has 2 aromatic rings. The fourth-order valence-corrected chi connectivity index (χ4v) is 5.99. The molecule has 0 aromatic heterocycles. The van der Waals surface area contributed by atoms with Crippen molar-refractivity contribution in [3.05, 3.63) is 58.1 Å². The summed E-state index contributed by atoms with van der Waals surface area (Å²) in [5, 5.41) is 8.39. The number of hydrogen-bond acceptors (Lipinski definition) is 6. The van der Waals surface area contributed by atoms with Crippen molar-refractivity contribution in [2.75, 3.05) is 55.2 Å². The van der Waals surface area contributed by atoms with Gasteiger partial charge in [0.25, 0.3) is 5.91 Å². The number of nitrogens with one attached hydrogen (secondary N) is 3. The third-order valence-corrected chi connectivity index (χ3v) is 8.53. The number of benzene rings is 2. The molecular weight excluding hydrogens is 589 g/mol. The van der Waals surface area contributed by atoms with E-state index in [1.165, 1.54) is 30.0 Å². The highest BCUT2D eigenvalue weighted by atomic mass is 35.5. The number of rotatable bonds is 8. The van der Waals surface area contributed by atoms with Crippen molar-refractivity contribution in [1.29, 1.82) is 0 Å².